The normalized spacial score (nSPS) is 11.2. The van der Waals surface area contributed by atoms with Crippen LogP contribution in [0.1, 0.15) is 16.7 Å². The molecule has 176 valence electrons. The number of hydrogen-bond acceptors (Lipinski definition) is 4. The molecule has 0 radical (unpaired) electrons. The Balaban J connectivity index is 1.39. The van der Waals surface area contributed by atoms with Crippen molar-refractivity contribution in [3.8, 4) is 17.6 Å². The molecule has 35 heavy (non-hydrogen) atoms. The van der Waals surface area contributed by atoms with Crippen molar-refractivity contribution in [1.82, 2.24) is 10.3 Å². The van der Waals surface area contributed by atoms with Gasteiger partial charge in [-0.25, -0.2) is 0 Å². The molecule has 0 fully saturated rings. The Labute approximate surface area is 208 Å². The smallest absolute Gasteiger partial charge is 0.261 e. The van der Waals surface area contributed by atoms with E-state index in [2.05, 4.69) is 10.3 Å². The van der Waals surface area contributed by atoms with Gasteiger partial charge in [-0.1, -0.05) is 48.0 Å². The molecule has 1 amide bonds. The van der Waals surface area contributed by atoms with Gasteiger partial charge in [0, 0.05) is 28.7 Å². The molecule has 0 saturated carbocycles. The number of carbonyl (C=O) groups is 1. The first-order chi connectivity index (χ1) is 17.1. The van der Waals surface area contributed by atoms with Crippen LogP contribution in [0.25, 0.3) is 17.0 Å². The lowest BCUT2D eigenvalue weighted by molar-refractivity contribution is -0.117. The number of hydrogen-bond donors (Lipinski definition) is 2. The number of fused-ring (bicyclic) bond motifs is 1. The number of carbonyl (C=O) groups excluding carboxylic acids is 1. The largest absolute Gasteiger partial charge is 0.493 e. The second-order valence-corrected chi connectivity index (χ2v) is 8.30. The number of rotatable bonds is 9. The minimum atomic E-state index is -0.422. The SMILES string of the molecule is COc1cc(/C=C(\C#N)C(=O)NCCc2c[nH]c3ccccc23)ccc1OCc1ccc(Cl)cc1. The zero-order chi connectivity index (χ0) is 24.6. The molecule has 0 aliphatic carbocycles. The molecule has 0 aliphatic heterocycles. The van der Waals surface area contributed by atoms with Crippen molar-refractivity contribution < 1.29 is 14.3 Å². The second-order valence-electron chi connectivity index (χ2n) is 7.86. The standard InChI is InChI=1S/C28H24ClN3O3/c1-34-27-15-20(8-11-26(27)35-18-19-6-9-23(29)10-7-19)14-22(16-30)28(33)31-13-12-21-17-32-25-5-3-2-4-24(21)25/h2-11,14-15,17,32H,12-13,18H2,1H3,(H,31,33)/b22-14+. The number of aromatic nitrogens is 1. The predicted octanol–water partition coefficient (Wildman–Crippen LogP) is 5.67. The number of aromatic amines is 1. The van der Waals surface area contributed by atoms with Crippen LogP contribution >= 0.6 is 11.6 Å². The Morgan fingerprint density at radius 2 is 1.91 bits per heavy atom. The lowest BCUT2D eigenvalue weighted by Crippen LogP contribution is -2.26. The van der Waals surface area contributed by atoms with Crippen LogP contribution in [0.2, 0.25) is 5.02 Å². The maximum Gasteiger partial charge on any atom is 0.261 e. The molecule has 0 aliphatic rings. The fourth-order valence-corrected chi connectivity index (χ4v) is 3.82. The number of nitrogens with zero attached hydrogens (tertiary/aromatic N) is 1. The average molecular weight is 486 g/mol. The summed E-state index contributed by atoms with van der Waals surface area (Å²) in [6.07, 6.45) is 4.13. The van der Waals surface area contributed by atoms with Crippen molar-refractivity contribution in [2.24, 2.45) is 0 Å². The van der Waals surface area contributed by atoms with Gasteiger partial charge >= 0.3 is 0 Å². The van der Waals surface area contributed by atoms with E-state index in [9.17, 15) is 10.1 Å². The average Bonchev–Trinajstić information content (AvgIpc) is 3.30. The number of ether oxygens (including phenoxy) is 2. The molecule has 2 N–H and O–H groups in total. The molecule has 0 saturated heterocycles. The van der Waals surface area contributed by atoms with Gasteiger partial charge < -0.3 is 19.8 Å². The molecule has 4 rings (SSSR count). The molecular weight excluding hydrogens is 462 g/mol. The van der Waals surface area contributed by atoms with Crippen LogP contribution in [0.15, 0.2) is 78.5 Å². The number of nitrogens with one attached hydrogen (secondary N) is 2. The van der Waals surface area contributed by atoms with Gasteiger partial charge in [-0.15, -0.1) is 0 Å². The zero-order valence-electron chi connectivity index (χ0n) is 19.2. The quantitative estimate of drug-likeness (QED) is 0.236. The van der Waals surface area contributed by atoms with Gasteiger partial charge in [0.05, 0.1) is 7.11 Å². The summed E-state index contributed by atoms with van der Waals surface area (Å²) >= 11 is 5.92. The molecule has 0 spiro atoms. The van der Waals surface area contributed by atoms with Gasteiger partial charge in [0.2, 0.25) is 0 Å². The van der Waals surface area contributed by atoms with E-state index in [1.807, 2.05) is 48.7 Å². The maximum atomic E-state index is 12.6. The summed E-state index contributed by atoms with van der Waals surface area (Å²) in [7, 11) is 1.54. The van der Waals surface area contributed by atoms with Gasteiger partial charge in [-0.3, -0.25) is 4.79 Å². The lowest BCUT2D eigenvalue weighted by atomic mass is 10.1. The van der Waals surface area contributed by atoms with Crippen LogP contribution in [0, 0.1) is 11.3 Å². The second kappa shape index (κ2) is 11.3. The minimum absolute atomic E-state index is 0.0146. The number of amides is 1. The molecule has 7 heteroatoms. The Morgan fingerprint density at radius 1 is 1.11 bits per heavy atom. The third kappa shape index (κ3) is 6.03. The summed E-state index contributed by atoms with van der Waals surface area (Å²) in [6.45, 7) is 0.769. The third-order valence-electron chi connectivity index (χ3n) is 5.53. The van der Waals surface area contributed by atoms with E-state index in [0.29, 0.717) is 41.7 Å². The summed E-state index contributed by atoms with van der Waals surface area (Å²) in [4.78, 5) is 15.8. The summed E-state index contributed by atoms with van der Waals surface area (Å²) in [5, 5.41) is 14.2. The van der Waals surface area contributed by atoms with E-state index in [4.69, 9.17) is 21.1 Å². The van der Waals surface area contributed by atoms with Crippen molar-refractivity contribution in [1.29, 1.82) is 5.26 Å². The van der Waals surface area contributed by atoms with Gasteiger partial charge in [0.25, 0.3) is 5.91 Å². The molecule has 3 aromatic carbocycles. The van der Waals surface area contributed by atoms with Crippen molar-refractivity contribution in [2.75, 3.05) is 13.7 Å². The highest BCUT2D eigenvalue weighted by molar-refractivity contribution is 6.30. The van der Waals surface area contributed by atoms with Crippen LogP contribution in [0.3, 0.4) is 0 Å². The maximum absolute atomic E-state index is 12.6. The molecule has 0 bridgehead atoms. The van der Waals surface area contributed by atoms with Gasteiger partial charge in [0.1, 0.15) is 18.2 Å². The van der Waals surface area contributed by atoms with E-state index in [1.165, 1.54) is 6.08 Å². The van der Waals surface area contributed by atoms with Crippen molar-refractivity contribution in [3.63, 3.8) is 0 Å². The van der Waals surface area contributed by atoms with Crippen molar-refractivity contribution >= 4 is 34.5 Å². The van der Waals surface area contributed by atoms with Crippen LogP contribution in [0.4, 0.5) is 0 Å². The monoisotopic (exact) mass is 485 g/mol. The number of halogens is 1. The first-order valence-electron chi connectivity index (χ1n) is 11.1. The number of H-pyrrole nitrogens is 1. The first kappa shape index (κ1) is 23.9. The van der Waals surface area contributed by atoms with Gasteiger partial charge in [-0.05, 0) is 59.5 Å². The molecule has 6 nitrogen and oxygen atoms in total. The fraction of sp³-hybridized carbons (Fsp3) is 0.143. The number of para-hydroxylation sites is 1. The number of methoxy groups -OCH3 is 1. The van der Waals surface area contributed by atoms with Crippen LogP contribution in [-0.2, 0) is 17.8 Å². The summed E-state index contributed by atoms with van der Waals surface area (Å²) < 4.78 is 11.3. The molecule has 1 aromatic heterocycles. The van der Waals surface area contributed by atoms with Crippen LogP contribution in [-0.4, -0.2) is 24.5 Å². The Morgan fingerprint density at radius 3 is 2.69 bits per heavy atom. The van der Waals surface area contributed by atoms with Crippen LogP contribution < -0.4 is 14.8 Å². The highest BCUT2D eigenvalue weighted by atomic mass is 35.5. The topological polar surface area (TPSA) is 87.1 Å². The molecule has 0 atom stereocenters. The van der Waals surface area contributed by atoms with E-state index < -0.39 is 5.91 Å². The number of nitriles is 1. The predicted molar refractivity (Wildman–Crippen MR) is 137 cm³/mol. The zero-order valence-corrected chi connectivity index (χ0v) is 19.9. The minimum Gasteiger partial charge on any atom is -0.493 e. The summed E-state index contributed by atoms with van der Waals surface area (Å²) in [5.74, 6) is 0.639. The van der Waals surface area contributed by atoms with E-state index in [-0.39, 0.29) is 5.57 Å². The Hall–Kier alpha value is -4.21. The molecule has 0 unspecified atom stereocenters. The van der Waals surface area contributed by atoms with Crippen molar-refractivity contribution in [3.05, 3.63) is 100 Å². The Kier molecular flexibility index (Phi) is 7.71. The lowest BCUT2D eigenvalue weighted by Gasteiger charge is -2.12. The molecular formula is C28H24ClN3O3. The Bertz CT molecular complexity index is 1400. The molecule has 4 aromatic rings. The fourth-order valence-electron chi connectivity index (χ4n) is 3.69. The van der Waals surface area contributed by atoms with Crippen LogP contribution in [0.5, 0.6) is 11.5 Å². The van der Waals surface area contributed by atoms with E-state index in [1.54, 1.807) is 37.4 Å². The molecule has 1 heterocycles. The highest BCUT2D eigenvalue weighted by Crippen LogP contribution is 2.30. The van der Waals surface area contributed by atoms with Crippen molar-refractivity contribution in [2.45, 2.75) is 13.0 Å². The van der Waals surface area contributed by atoms with E-state index >= 15 is 0 Å². The van der Waals surface area contributed by atoms with Gasteiger partial charge in [0.15, 0.2) is 11.5 Å². The third-order valence-corrected chi connectivity index (χ3v) is 5.78. The first-order valence-corrected chi connectivity index (χ1v) is 11.5. The number of benzene rings is 3. The summed E-state index contributed by atoms with van der Waals surface area (Å²) in [5.41, 5.74) is 3.81. The van der Waals surface area contributed by atoms with E-state index in [0.717, 1.165) is 22.0 Å². The van der Waals surface area contributed by atoms with Gasteiger partial charge in [-0.2, -0.15) is 5.26 Å². The highest BCUT2D eigenvalue weighted by Gasteiger charge is 2.11. The summed E-state index contributed by atoms with van der Waals surface area (Å²) in [6, 6.07) is 22.6.